The lowest BCUT2D eigenvalue weighted by atomic mass is 9.66. The van der Waals surface area contributed by atoms with E-state index in [1.54, 1.807) is 0 Å². The van der Waals surface area contributed by atoms with Crippen LogP contribution in [0.2, 0.25) is 0 Å². The average Bonchev–Trinajstić information content (AvgIpc) is 3.07. The van der Waals surface area contributed by atoms with E-state index in [0.717, 1.165) is 58.0 Å². The molecule has 0 bridgehead atoms. The van der Waals surface area contributed by atoms with Gasteiger partial charge in [-0.05, 0) is 86.0 Å². The second kappa shape index (κ2) is 20.3. The normalized spacial score (nSPS) is 19.4. The summed E-state index contributed by atoms with van der Waals surface area (Å²) in [5, 5.41) is 10.3. The molecule has 0 radical (unpaired) electrons. The topological polar surface area (TPSA) is 59.3 Å². The van der Waals surface area contributed by atoms with Gasteiger partial charge in [0.2, 0.25) is 0 Å². The molecule has 0 aliphatic heterocycles. The first kappa shape index (κ1) is 36.6. The molecular weight excluding hydrogens is 554 g/mol. The molecule has 2 aromatic rings. The van der Waals surface area contributed by atoms with Gasteiger partial charge in [0.25, 0.3) is 0 Å². The van der Waals surface area contributed by atoms with Gasteiger partial charge in [-0.1, -0.05) is 127 Å². The molecule has 0 saturated heterocycles. The fourth-order valence-corrected chi connectivity index (χ4v) is 7.10. The van der Waals surface area contributed by atoms with Crippen LogP contribution in [0.25, 0.3) is 11.1 Å². The Morgan fingerprint density at radius 1 is 0.933 bits per heavy atom. The van der Waals surface area contributed by atoms with Crippen molar-refractivity contribution in [1.29, 1.82) is 5.26 Å². The van der Waals surface area contributed by atoms with Crippen LogP contribution >= 0.6 is 0 Å². The maximum Gasteiger partial charge on any atom is 0.330 e. The molecule has 246 valence electrons. The number of nitriles is 1. The van der Waals surface area contributed by atoms with Gasteiger partial charge in [0.1, 0.15) is 0 Å². The molecule has 0 amide bonds. The van der Waals surface area contributed by atoms with Gasteiger partial charge in [-0.2, -0.15) is 5.26 Å². The molecule has 4 atom stereocenters. The molecule has 4 unspecified atom stereocenters. The van der Waals surface area contributed by atoms with Crippen molar-refractivity contribution in [2.45, 2.75) is 141 Å². The van der Waals surface area contributed by atoms with Crippen molar-refractivity contribution in [2.24, 2.45) is 5.41 Å². The molecule has 4 heteroatoms. The van der Waals surface area contributed by atoms with Gasteiger partial charge in [0, 0.05) is 12.7 Å². The van der Waals surface area contributed by atoms with E-state index in [-0.39, 0.29) is 17.5 Å². The molecule has 3 rings (SSSR count). The van der Waals surface area contributed by atoms with E-state index in [0.29, 0.717) is 18.4 Å². The lowest BCUT2D eigenvalue weighted by Crippen LogP contribution is -2.31. The Labute approximate surface area is 274 Å². The highest BCUT2D eigenvalue weighted by atomic mass is 16.5. The minimum atomic E-state index is -0.327. The molecule has 4 nitrogen and oxygen atoms in total. The highest BCUT2D eigenvalue weighted by molar-refractivity contribution is 5.81. The zero-order chi connectivity index (χ0) is 32.3. The summed E-state index contributed by atoms with van der Waals surface area (Å²) in [5.41, 5.74) is 5.03. The van der Waals surface area contributed by atoms with Crippen molar-refractivity contribution < 1.29 is 14.3 Å². The number of rotatable bonds is 21. The van der Waals surface area contributed by atoms with Gasteiger partial charge < -0.3 is 9.47 Å². The third-order valence-electron chi connectivity index (χ3n) is 9.78. The molecular formula is C41H59NO3. The van der Waals surface area contributed by atoms with E-state index in [1.807, 2.05) is 0 Å². The van der Waals surface area contributed by atoms with Gasteiger partial charge in [-0.15, -0.1) is 0 Å². The van der Waals surface area contributed by atoms with Crippen LogP contribution in [-0.4, -0.2) is 25.3 Å². The van der Waals surface area contributed by atoms with Gasteiger partial charge in [0.15, 0.2) is 0 Å². The van der Waals surface area contributed by atoms with Crippen molar-refractivity contribution in [3.05, 3.63) is 72.3 Å². The van der Waals surface area contributed by atoms with Crippen molar-refractivity contribution in [2.75, 3.05) is 13.2 Å². The van der Waals surface area contributed by atoms with Gasteiger partial charge in [0.05, 0.1) is 24.2 Å². The van der Waals surface area contributed by atoms with Crippen LogP contribution in [0.3, 0.4) is 0 Å². The minimum absolute atomic E-state index is 0.111. The van der Waals surface area contributed by atoms with Crippen LogP contribution in [0.1, 0.15) is 146 Å². The highest BCUT2D eigenvalue weighted by Crippen LogP contribution is 2.47. The van der Waals surface area contributed by atoms with E-state index >= 15 is 0 Å². The van der Waals surface area contributed by atoms with Crippen LogP contribution in [-0.2, 0) is 14.3 Å². The predicted octanol–water partition coefficient (Wildman–Crippen LogP) is 11.5. The third-order valence-corrected chi connectivity index (χ3v) is 9.78. The number of ether oxygens (including phenoxy) is 2. The first-order valence-electron chi connectivity index (χ1n) is 17.9. The van der Waals surface area contributed by atoms with Crippen LogP contribution in [0.4, 0.5) is 0 Å². The number of carbonyl (C=O) groups excluding carboxylic acids is 1. The summed E-state index contributed by atoms with van der Waals surface area (Å²) in [7, 11) is 0. The Morgan fingerprint density at radius 2 is 1.51 bits per heavy atom. The predicted molar refractivity (Wildman–Crippen MR) is 187 cm³/mol. The molecule has 1 fully saturated rings. The first-order chi connectivity index (χ1) is 21.9. The maximum absolute atomic E-state index is 11.0. The number of carbonyl (C=O) groups is 1. The highest BCUT2D eigenvalue weighted by Gasteiger charge is 2.38. The number of nitrogens with zero attached hydrogens (tertiary/aromatic N) is 1. The molecule has 45 heavy (non-hydrogen) atoms. The molecule has 0 N–H and O–H groups in total. The molecule has 0 aromatic heterocycles. The van der Waals surface area contributed by atoms with E-state index in [2.05, 4.69) is 82.0 Å². The summed E-state index contributed by atoms with van der Waals surface area (Å²) in [6.45, 7) is 11.4. The number of unbranched alkanes of at least 4 members (excludes halogenated alkanes) is 8. The van der Waals surface area contributed by atoms with Gasteiger partial charge >= 0.3 is 5.97 Å². The van der Waals surface area contributed by atoms with Crippen LogP contribution in [0.15, 0.2) is 61.2 Å². The van der Waals surface area contributed by atoms with Crippen molar-refractivity contribution in [3.8, 4) is 17.2 Å². The smallest absolute Gasteiger partial charge is 0.330 e. The fourth-order valence-electron chi connectivity index (χ4n) is 7.10. The molecule has 1 saturated carbocycles. The van der Waals surface area contributed by atoms with Crippen molar-refractivity contribution >= 4 is 5.97 Å². The Kier molecular flexibility index (Phi) is 16.5. The molecule has 1 aliphatic carbocycles. The second-order valence-electron chi connectivity index (χ2n) is 13.6. The third kappa shape index (κ3) is 12.8. The molecule has 0 heterocycles. The summed E-state index contributed by atoms with van der Waals surface area (Å²) in [5.74, 6) is 0.719. The zero-order valence-electron chi connectivity index (χ0n) is 28.5. The SMILES string of the molecule is C=CC(=O)OCCCCCCCCCCCOC(C)CC1(C#N)CCCC(c2ccc(-c3ccc(C(C)CCC)cc3)cc2)C1. The molecule has 2 aromatic carbocycles. The summed E-state index contributed by atoms with van der Waals surface area (Å²) < 4.78 is 11.2. The number of benzene rings is 2. The van der Waals surface area contributed by atoms with E-state index in [9.17, 15) is 10.1 Å². The number of esters is 1. The van der Waals surface area contributed by atoms with Crippen molar-refractivity contribution in [3.63, 3.8) is 0 Å². The lowest BCUT2D eigenvalue weighted by Gasteiger charge is -2.37. The van der Waals surface area contributed by atoms with Crippen LogP contribution < -0.4 is 0 Å². The Bertz CT molecular complexity index is 1160. The zero-order valence-corrected chi connectivity index (χ0v) is 28.5. The van der Waals surface area contributed by atoms with E-state index in [4.69, 9.17) is 9.47 Å². The lowest BCUT2D eigenvalue weighted by molar-refractivity contribution is -0.137. The summed E-state index contributed by atoms with van der Waals surface area (Å²) >= 11 is 0. The Hall–Kier alpha value is -2.90. The van der Waals surface area contributed by atoms with Gasteiger partial charge in [-0.3, -0.25) is 0 Å². The van der Waals surface area contributed by atoms with E-state index < -0.39 is 0 Å². The van der Waals surface area contributed by atoms with Gasteiger partial charge in [-0.25, -0.2) is 4.79 Å². The van der Waals surface area contributed by atoms with Crippen LogP contribution in [0.5, 0.6) is 0 Å². The Morgan fingerprint density at radius 3 is 2.09 bits per heavy atom. The summed E-state index contributed by atoms with van der Waals surface area (Å²) in [4.78, 5) is 11.0. The molecule has 1 aliphatic rings. The number of hydrogen-bond acceptors (Lipinski definition) is 4. The maximum atomic E-state index is 11.0. The monoisotopic (exact) mass is 613 g/mol. The second-order valence-corrected chi connectivity index (χ2v) is 13.6. The average molecular weight is 614 g/mol. The molecule has 0 spiro atoms. The largest absolute Gasteiger partial charge is 0.463 e. The summed E-state index contributed by atoms with van der Waals surface area (Å²) in [6.07, 6.45) is 19.4. The summed E-state index contributed by atoms with van der Waals surface area (Å²) in [6, 6.07) is 21.0. The Balaban J connectivity index is 1.34. The number of hydrogen-bond donors (Lipinski definition) is 0. The standard InChI is InChI=1S/C41H59NO3/c1-5-17-33(3)35-19-21-36(22-20-35)37-23-25-38(26-24-37)39-18-16-27-41(31-39,32-42)30-34(4)44-28-14-12-10-8-7-9-11-13-15-29-45-40(43)6-2/h6,19-26,33-34,39H,2,5,7-18,27-31H2,1,3-4H3. The quantitative estimate of drug-likeness (QED) is 0.0798. The van der Waals surface area contributed by atoms with Crippen LogP contribution in [0, 0.1) is 16.7 Å². The first-order valence-corrected chi connectivity index (χ1v) is 17.9. The van der Waals surface area contributed by atoms with E-state index in [1.165, 1.54) is 79.7 Å². The fraction of sp³-hybridized carbons (Fsp3) is 0.610. The minimum Gasteiger partial charge on any atom is -0.463 e. The van der Waals surface area contributed by atoms with Crippen molar-refractivity contribution in [1.82, 2.24) is 0 Å².